The van der Waals surface area contributed by atoms with Gasteiger partial charge in [0.25, 0.3) is 10.0 Å². The first-order valence-electron chi connectivity index (χ1n) is 5.32. The predicted molar refractivity (Wildman–Crippen MR) is 75.6 cm³/mol. The minimum Gasteiger partial charge on any atom is -0.508 e. The molecule has 5 nitrogen and oxygen atoms in total. The summed E-state index contributed by atoms with van der Waals surface area (Å²) >= 11 is 3.29. The Balaban J connectivity index is 2.33. The van der Waals surface area contributed by atoms with E-state index in [0.29, 0.717) is 0 Å². The van der Waals surface area contributed by atoms with Crippen molar-refractivity contribution in [1.29, 1.82) is 0 Å². The third-order valence-corrected chi connectivity index (χ3v) is 4.60. The van der Waals surface area contributed by atoms with Crippen LogP contribution in [0, 0.1) is 6.92 Å². The number of hydrogen-bond donors (Lipinski definition) is 2. The van der Waals surface area contributed by atoms with Gasteiger partial charge in [0.2, 0.25) is 0 Å². The van der Waals surface area contributed by atoms with Crippen LogP contribution in [0.15, 0.2) is 45.9 Å². The molecule has 0 fully saturated rings. The van der Waals surface area contributed by atoms with E-state index < -0.39 is 10.0 Å². The molecule has 2 aromatic rings. The minimum atomic E-state index is -3.75. The van der Waals surface area contributed by atoms with Gasteiger partial charge in [0.1, 0.15) is 11.6 Å². The molecule has 0 aliphatic heterocycles. The van der Waals surface area contributed by atoms with Crippen molar-refractivity contribution >= 4 is 31.8 Å². The average molecular weight is 343 g/mol. The van der Waals surface area contributed by atoms with Gasteiger partial charge in [-0.15, -0.1) is 0 Å². The lowest BCUT2D eigenvalue weighted by molar-refractivity contribution is 0.473. The summed E-state index contributed by atoms with van der Waals surface area (Å²) in [7, 11) is -3.75. The van der Waals surface area contributed by atoms with Crippen LogP contribution in [0.5, 0.6) is 5.75 Å². The summed E-state index contributed by atoms with van der Waals surface area (Å²) in [6.45, 7) is 1.83. The van der Waals surface area contributed by atoms with E-state index in [1.54, 1.807) is 6.07 Å². The van der Waals surface area contributed by atoms with Crippen molar-refractivity contribution in [2.75, 3.05) is 4.72 Å². The standard InChI is InChI=1S/C12H11BrN2O3S/c1-8-5-12(14-7-11(8)13)15-19(17,18)10-4-2-3-9(16)6-10/h2-7,16H,1H3,(H,14,15). The van der Waals surface area contributed by atoms with Crippen LogP contribution < -0.4 is 4.72 Å². The van der Waals surface area contributed by atoms with Crippen LogP contribution >= 0.6 is 15.9 Å². The fourth-order valence-corrected chi connectivity index (χ4v) is 2.70. The van der Waals surface area contributed by atoms with E-state index in [-0.39, 0.29) is 16.5 Å². The molecule has 0 unspecified atom stereocenters. The molecule has 2 rings (SSSR count). The number of aromatic nitrogens is 1. The molecule has 0 atom stereocenters. The van der Waals surface area contributed by atoms with Crippen molar-refractivity contribution in [2.24, 2.45) is 0 Å². The summed E-state index contributed by atoms with van der Waals surface area (Å²) in [6, 6.07) is 7.05. The molecule has 0 bridgehead atoms. The quantitative estimate of drug-likeness (QED) is 0.898. The predicted octanol–water partition coefficient (Wildman–Crippen LogP) is 2.66. The smallest absolute Gasteiger partial charge is 0.263 e. The first-order chi connectivity index (χ1) is 8.88. The molecular weight excluding hydrogens is 332 g/mol. The normalized spacial score (nSPS) is 11.3. The molecule has 0 saturated carbocycles. The molecular formula is C12H11BrN2O3S. The number of halogens is 1. The number of benzene rings is 1. The second-order valence-electron chi connectivity index (χ2n) is 3.92. The van der Waals surface area contributed by atoms with Gasteiger partial charge in [0, 0.05) is 16.7 Å². The van der Waals surface area contributed by atoms with Gasteiger partial charge in [-0.25, -0.2) is 13.4 Å². The lowest BCUT2D eigenvalue weighted by Crippen LogP contribution is -2.13. The number of pyridine rings is 1. The summed E-state index contributed by atoms with van der Waals surface area (Å²) < 4.78 is 27.3. The molecule has 0 radical (unpaired) electrons. The number of aromatic hydroxyl groups is 1. The number of hydrogen-bond acceptors (Lipinski definition) is 4. The Labute approximate surface area is 119 Å². The van der Waals surface area contributed by atoms with Crippen molar-refractivity contribution in [3.8, 4) is 5.75 Å². The van der Waals surface area contributed by atoms with Gasteiger partial charge in [-0.05, 0) is 46.6 Å². The highest BCUT2D eigenvalue weighted by atomic mass is 79.9. The molecule has 0 aliphatic rings. The molecule has 19 heavy (non-hydrogen) atoms. The van der Waals surface area contributed by atoms with Crippen molar-refractivity contribution in [3.05, 3.63) is 46.6 Å². The highest BCUT2D eigenvalue weighted by molar-refractivity contribution is 9.10. The van der Waals surface area contributed by atoms with E-state index in [9.17, 15) is 13.5 Å². The lowest BCUT2D eigenvalue weighted by atomic mass is 10.3. The first-order valence-corrected chi connectivity index (χ1v) is 7.60. The highest BCUT2D eigenvalue weighted by Gasteiger charge is 2.15. The zero-order valence-electron chi connectivity index (χ0n) is 9.96. The zero-order chi connectivity index (χ0) is 14.0. The van der Waals surface area contributed by atoms with Crippen molar-refractivity contribution < 1.29 is 13.5 Å². The van der Waals surface area contributed by atoms with Crippen LogP contribution in [-0.2, 0) is 10.0 Å². The molecule has 7 heteroatoms. The van der Waals surface area contributed by atoms with Gasteiger partial charge in [0.15, 0.2) is 0 Å². The lowest BCUT2D eigenvalue weighted by Gasteiger charge is -2.08. The molecule has 0 amide bonds. The van der Waals surface area contributed by atoms with Crippen molar-refractivity contribution in [3.63, 3.8) is 0 Å². The SMILES string of the molecule is Cc1cc(NS(=O)(=O)c2cccc(O)c2)ncc1Br. The van der Waals surface area contributed by atoms with Crippen LogP contribution in [0.1, 0.15) is 5.56 Å². The van der Waals surface area contributed by atoms with Crippen LogP contribution in [0.3, 0.4) is 0 Å². The van der Waals surface area contributed by atoms with Gasteiger partial charge < -0.3 is 5.11 Å². The number of phenolic OH excluding ortho intramolecular Hbond substituents is 1. The van der Waals surface area contributed by atoms with E-state index in [1.165, 1.54) is 30.5 Å². The van der Waals surface area contributed by atoms with Crippen LogP contribution in [-0.4, -0.2) is 18.5 Å². The summed E-state index contributed by atoms with van der Waals surface area (Å²) in [6.07, 6.45) is 1.52. The monoisotopic (exact) mass is 342 g/mol. The fourth-order valence-electron chi connectivity index (χ4n) is 1.44. The van der Waals surface area contributed by atoms with Crippen LogP contribution in [0.25, 0.3) is 0 Å². The number of sulfonamides is 1. The first kappa shape index (κ1) is 13.8. The summed E-state index contributed by atoms with van der Waals surface area (Å²) in [4.78, 5) is 3.95. The largest absolute Gasteiger partial charge is 0.508 e. The topological polar surface area (TPSA) is 79.3 Å². The average Bonchev–Trinajstić information content (AvgIpc) is 2.33. The Bertz CT molecular complexity index is 717. The Morgan fingerprint density at radius 1 is 1.32 bits per heavy atom. The third kappa shape index (κ3) is 3.24. The maximum absolute atomic E-state index is 12.1. The van der Waals surface area contributed by atoms with Gasteiger partial charge >= 0.3 is 0 Å². The summed E-state index contributed by atoms with van der Waals surface area (Å²) in [5.41, 5.74) is 0.864. The van der Waals surface area contributed by atoms with Crippen LogP contribution in [0.4, 0.5) is 5.82 Å². The molecule has 1 heterocycles. The number of aryl methyl sites for hydroxylation is 1. The molecule has 2 N–H and O–H groups in total. The number of phenols is 1. The van der Waals surface area contributed by atoms with Crippen molar-refractivity contribution in [2.45, 2.75) is 11.8 Å². The van der Waals surface area contributed by atoms with E-state index in [4.69, 9.17) is 0 Å². The highest BCUT2D eigenvalue weighted by Crippen LogP contribution is 2.21. The number of nitrogens with zero attached hydrogens (tertiary/aromatic N) is 1. The Morgan fingerprint density at radius 3 is 2.68 bits per heavy atom. The number of rotatable bonds is 3. The van der Waals surface area contributed by atoms with E-state index in [2.05, 4.69) is 25.6 Å². The fraction of sp³-hybridized carbons (Fsp3) is 0.0833. The van der Waals surface area contributed by atoms with Crippen molar-refractivity contribution in [1.82, 2.24) is 4.98 Å². The third-order valence-electron chi connectivity index (χ3n) is 2.41. The number of nitrogens with one attached hydrogen (secondary N) is 1. The molecule has 0 saturated heterocycles. The zero-order valence-corrected chi connectivity index (χ0v) is 12.4. The van der Waals surface area contributed by atoms with E-state index >= 15 is 0 Å². The molecule has 0 aliphatic carbocycles. The maximum Gasteiger partial charge on any atom is 0.263 e. The van der Waals surface area contributed by atoms with Gasteiger partial charge in [-0.3, -0.25) is 4.72 Å². The van der Waals surface area contributed by atoms with Gasteiger partial charge in [-0.2, -0.15) is 0 Å². The molecule has 1 aromatic carbocycles. The molecule has 1 aromatic heterocycles. The second kappa shape index (κ2) is 5.18. The Kier molecular flexibility index (Phi) is 3.77. The van der Waals surface area contributed by atoms with Gasteiger partial charge in [0.05, 0.1) is 4.90 Å². The van der Waals surface area contributed by atoms with Crippen LogP contribution in [0.2, 0.25) is 0 Å². The Hall–Kier alpha value is -1.60. The number of anilines is 1. The van der Waals surface area contributed by atoms with Gasteiger partial charge in [-0.1, -0.05) is 6.07 Å². The molecule has 100 valence electrons. The molecule has 0 spiro atoms. The summed E-state index contributed by atoms with van der Waals surface area (Å²) in [5, 5.41) is 9.31. The maximum atomic E-state index is 12.1. The van der Waals surface area contributed by atoms with E-state index in [0.717, 1.165) is 10.0 Å². The Morgan fingerprint density at radius 2 is 2.05 bits per heavy atom. The second-order valence-corrected chi connectivity index (χ2v) is 6.46. The van der Waals surface area contributed by atoms with E-state index in [1.807, 2.05) is 6.92 Å². The summed E-state index contributed by atoms with van der Waals surface area (Å²) in [5.74, 6) is 0.117. The minimum absolute atomic E-state index is 0.0186.